The van der Waals surface area contributed by atoms with Gasteiger partial charge in [0.1, 0.15) is 11.6 Å². The number of quaternary nitrogens is 1. The number of ether oxygens (including phenoxy) is 1. The van der Waals surface area contributed by atoms with Gasteiger partial charge in [-0.15, -0.1) is 0 Å². The van der Waals surface area contributed by atoms with Crippen molar-refractivity contribution >= 4 is 18.0 Å². The minimum absolute atomic E-state index is 0.174. The number of hydrogen-bond donors (Lipinski definition) is 3. The van der Waals surface area contributed by atoms with E-state index >= 15 is 0 Å². The van der Waals surface area contributed by atoms with Gasteiger partial charge in [-0.2, -0.15) is 0 Å². The van der Waals surface area contributed by atoms with Gasteiger partial charge in [0.15, 0.2) is 0 Å². The van der Waals surface area contributed by atoms with E-state index in [9.17, 15) is 14.4 Å². The number of unbranched alkanes of at least 4 members (excludes halogenated alkanes) is 2. The molecular weight excluding hydrogens is 326 g/mol. The van der Waals surface area contributed by atoms with Crippen LogP contribution in [0.3, 0.4) is 0 Å². The summed E-state index contributed by atoms with van der Waals surface area (Å²) in [7, 11) is 6.36. The fourth-order valence-corrected chi connectivity index (χ4v) is 2.00. The van der Waals surface area contributed by atoms with E-state index in [1.165, 1.54) is 0 Å². The van der Waals surface area contributed by atoms with E-state index in [0.717, 1.165) is 30.3 Å². The quantitative estimate of drug-likeness (QED) is 0.403. The molecule has 0 rings (SSSR count). The zero-order valence-electron chi connectivity index (χ0n) is 16.3. The highest BCUT2D eigenvalue weighted by atomic mass is 16.6. The van der Waals surface area contributed by atoms with Gasteiger partial charge < -0.3 is 25.0 Å². The minimum atomic E-state index is -1.23. The standard InChI is InChI=1S/C17H33N3O5/c1-17(2,3)25-16(24)19-13(15(22)23)12-18-14(21)10-8-7-9-11-20(4,5)6/h13H,7-12H2,1-6H3,(H2-,18,19,21,22,23,24)/p+1/t13-/m1/s1. The first kappa shape index (κ1) is 23.2. The van der Waals surface area contributed by atoms with Crippen molar-refractivity contribution in [3.8, 4) is 0 Å². The summed E-state index contributed by atoms with van der Waals surface area (Å²) in [4.78, 5) is 34.6. The van der Waals surface area contributed by atoms with Crippen LogP contribution in [-0.4, -0.2) is 73.4 Å². The fourth-order valence-electron chi connectivity index (χ4n) is 2.00. The maximum atomic E-state index is 11.8. The molecule has 0 saturated heterocycles. The summed E-state index contributed by atoms with van der Waals surface area (Å²) < 4.78 is 5.91. The van der Waals surface area contributed by atoms with Crippen LogP contribution in [0.25, 0.3) is 0 Å². The highest BCUT2D eigenvalue weighted by Gasteiger charge is 2.24. The number of carboxylic acids is 1. The van der Waals surface area contributed by atoms with Crippen molar-refractivity contribution in [3.05, 3.63) is 0 Å². The Morgan fingerprint density at radius 2 is 1.68 bits per heavy atom. The van der Waals surface area contributed by atoms with Crippen molar-refractivity contribution in [2.24, 2.45) is 0 Å². The molecule has 0 aliphatic rings. The summed E-state index contributed by atoms with van der Waals surface area (Å²) in [6.07, 6.45) is 2.25. The molecule has 1 atom stereocenters. The molecule has 2 amide bonds. The van der Waals surface area contributed by atoms with E-state index in [1.807, 2.05) is 0 Å². The largest absolute Gasteiger partial charge is 0.480 e. The third-order valence-corrected chi connectivity index (χ3v) is 3.23. The molecule has 0 aliphatic carbocycles. The van der Waals surface area contributed by atoms with Crippen molar-refractivity contribution in [2.45, 2.75) is 58.1 Å². The molecular formula is C17H34N3O5+. The average Bonchev–Trinajstić information content (AvgIpc) is 2.39. The van der Waals surface area contributed by atoms with Crippen molar-refractivity contribution in [2.75, 3.05) is 34.2 Å². The molecule has 0 saturated carbocycles. The van der Waals surface area contributed by atoms with Crippen molar-refractivity contribution in [1.29, 1.82) is 0 Å². The fraction of sp³-hybridized carbons (Fsp3) is 0.824. The predicted molar refractivity (Wildman–Crippen MR) is 95.2 cm³/mol. The molecule has 0 unspecified atom stereocenters. The highest BCUT2D eigenvalue weighted by molar-refractivity contribution is 5.82. The van der Waals surface area contributed by atoms with Gasteiger partial charge in [-0.05, 0) is 40.0 Å². The molecule has 8 heteroatoms. The average molecular weight is 360 g/mol. The van der Waals surface area contributed by atoms with Crippen molar-refractivity contribution in [1.82, 2.24) is 10.6 Å². The second-order valence-corrected chi connectivity index (χ2v) is 8.17. The van der Waals surface area contributed by atoms with Crippen LogP contribution < -0.4 is 10.6 Å². The number of carbonyl (C=O) groups is 3. The number of carboxylic acid groups (broad SMARTS) is 1. The van der Waals surface area contributed by atoms with E-state index in [1.54, 1.807) is 20.8 Å². The molecule has 0 radical (unpaired) electrons. The molecule has 25 heavy (non-hydrogen) atoms. The number of aliphatic carboxylic acids is 1. The van der Waals surface area contributed by atoms with E-state index in [0.29, 0.717) is 6.42 Å². The molecule has 0 aromatic rings. The molecule has 8 nitrogen and oxygen atoms in total. The molecule has 3 N–H and O–H groups in total. The van der Waals surface area contributed by atoms with Gasteiger partial charge in [-0.3, -0.25) is 4.79 Å². The van der Waals surface area contributed by atoms with Crippen LogP contribution in [0, 0.1) is 0 Å². The second-order valence-electron chi connectivity index (χ2n) is 8.17. The lowest BCUT2D eigenvalue weighted by molar-refractivity contribution is -0.870. The summed E-state index contributed by atoms with van der Waals surface area (Å²) in [5.41, 5.74) is -0.720. The number of carbonyl (C=O) groups excluding carboxylic acids is 2. The Morgan fingerprint density at radius 3 is 2.16 bits per heavy atom. The number of amides is 2. The molecule has 0 fully saturated rings. The summed E-state index contributed by atoms with van der Waals surface area (Å²) in [6, 6.07) is -1.23. The van der Waals surface area contributed by atoms with Crippen LogP contribution in [0.1, 0.15) is 46.5 Å². The smallest absolute Gasteiger partial charge is 0.408 e. The number of nitrogens with one attached hydrogen (secondary N) is 2. The van der Waals surface area contributed by atoms with E-state index in [-0.39, 0.29) is 12.5 Å². The Hall–Kier alpha value is -1.83. The Balaban J connectivity index is 4.11. The molecule has 0 bridgehead atoms. The predicted octanol–water partition coefficient (Wildman–Crippen LogP) is 1.35. The first-order valence-electron chi connectivity index (χ1n) is 8.59. The van der Waals surface area contributed by atoms with Gasteiger partial charge in [0.2, 0.25) is 5.91 Å². The van der Waals surface area contributed by atoms with E-state index in [4.69, 9.17) is 9.84 Å². The molecule has 0 aromatic carbocycles. The number of alkyl carbamates (subject to hydrolysis) is 1. The zero-order valence-corrected chi connectivity index (χ0v) is 16.3. The Kier molecular flexibility index (Phi) is 9.48. The van der Waals surface area contributed by atoms with Gasteiger partial charge in [0, 0.05) is 13.0 Å². The lowest BCUT2D eigenvalue weighted by Gasteiger charge is -2.23. The molecule has 0 heterocycles. The third-order valence-electron chi connectivity index (χ3n) is 3.23. The maximum absolute atomic E-state index is 11.8. The monoisotopic (exact) mass is 360 g/mol. The lowest BCUT2D eigenvalue weighted by atomic mass is 10.1. The van der Waals surface area contributed by atoms with Gasteiger partial charge in [-0.25, -0.2) is 9.59 Å². The topological polar surface area (TPSA) is 105 Å². The number of hydrogen-bond acceptors (Lipinski definition) is 4. The Labute approximate surface area is 150 Å². The van der Waals surface area contributed by atoms with Crippen LogP contribution in [-0.2, 0) is 14.3 Å². The van der Waals surface area contributed by atoms with Gasteiger partial charge in [0.05, 0.1) is 27.7 Å². The van der Waals surface area contributed by atoms with Crippen LogP contribution >= 0.6 is 0 Å². The normalized spacial score (nSPS) is 13.0. The summed E-state index contributed by atoms with van der Waals surface area (Å²) >= 11 is 0. The van der Waals surface area contributed by atoms with Crippen molar-refractivity contribution < 1.29 is 28.7 Å². The number of rotatable bonds is 10. The molecule has 0 aromatic heterocycles. The maximum Gasteiger partial charge on any atom is 0.408 e. The van der Waals surface area contributed by atoms with Crippen LogP contribution in [0.2, 0.25) is 0 Å². The molecule has 146 valence electrons. The van der Waals surface area contributed by atoms with Gasteiger partial charge in [-0.1, -0.05) is 0 Å². The van der Waals surface area contributed by atoms with E-state index in [2.05, 4.69) is 31.8 Å². The first-order valence-corrected chi connectivity index (χ1v) is 8.59. The van der Waals surface area contributed by atoms with Crippen LogP contribution in [0.4, 0.5) is 4.79 Å². The van der Waals surface area contributed by atoms with Crippen molar-refractivity contribution in [3.63, 3.8) is 0 Å². The van der Waals surface area contributed by atoms with Gasteiger partial charge >= 0.3 is 12.1 Å². The summed E-state index contributed by atoms with van der Waals surface area (Å²) in [5.74, 6) is -1.45. The zero-order chi connectivity index (χ0) is 19.7. The summed E-state index contributed by atoms with van der Waals surface area (Å²) in [5, 5.41) is 13.9. The second kappa shape index (κ2) is 10.2. The SMILES string of the molecule is CC(C)(C)OC(=O)N[C@H](CNC(=O)CCCCC[N+](C)(C)C)C(=O)O. The third kappa shape index (κ3) is 14.2. The summed E-state index contributed by atoms with van der Waals surface area (Å²) in [6.45, 7) is 5.92. The van der Waals surface area contributed by atoms with Gasteiger partial charge in [0.25, 0.3) is 0 Å². The lowest BCUT2D eigenvalue weighted by Crippen LogP contribution is -2.49. The Morgan fingerprint density at radius 1 is 1.08 bits per heavy atom. The van der Waals surface area contributed by atoms with E-state index < -0.39 is 23.7 Å². The van der Waals surface area contributed by atoms with Crippen LogP contribution in [0.15, 0.2) is 0 Å². The minimum Gasteiger partial charge on any atom is -0.480 e. The number of nitrogens with zero attached hydrogens (tertiary/aromatic N) is 1. The Bertz CT molecular complexity index is 452. The first-order chi connectivity index (χ1) is 11.3. The molecule has 0 spiro atoms. The van der Waals surface area contributed by atoms with Crippen LogP contribution in [0.5, 0.6) is 0 Å². The molecule has 0 aliphatic heterocycles. The highest BCUT2D eigenvalue weighted by Crippen LogP contribution is 2.07.